The van der Waals surface area contributed by atoms with Crippen LogP contribution in [-0.2, 0) is 10.0 Å². The van der Waals surface area contributed by atoms with Crippen LogP contribution in [0.3, 0.4) is 0 Å². The molecule has 8 heteroatoms. The lowest BCUT2D eigenvalue weighted by molar-refractivity contribution is 0.200. The Bertz CT molecular complexity index is 1160. The molecule has 0 aliphatic carbocycles. The van der Waals surface area contributed by atoms with E-state index in [1.54, 1.807) is 29.2 Å². The number of nitrogens with one attached hydrogen (secondary N) is 2. The van der Waals surface area contributed by atoms with Crippen molar-refractivity contribution in [1.29, 1.82) is 0 Å². The lowest BCUT2D eigenvalue weighted by Gasteiger charge is -2.26. The molecule has 1 heterocycles. The van der Waals surface area contributed by atoms with E-state index >= 15 is 0 Å². The van der Waals surface area contributed by atoms with E-state index in [0.29, 0.717) is 11.4 Å². The van der Waals surface area contributed by atoms with Crippen LogP contribution in [0.1, 0.15) is 19.3 Å². The number of piperidine rings is 1. The minimum absolute atomic E-state index is 0.132. The molecule has 0 radical (unpaired) electrons. The van der Waals surface area contributed by atoms with E-state index in [-0.39, 0.29) is 10.9 Å². The van der Waals surface area contributed by atoms with Gasteiger partial charge in [-0.2, -0.15) is 0 Å². The van der Waals surface area contributed by atoms with Gasteiger partial charge in [-0.05, 0) is 67.8 Å². The molecule has 166 valence electrons. The Balaban J connectivity index is 1.45. The van der Waals surface area contributed by atoms with Crippen molar-refractivity contribution in [2.45, 2.75) is 33.9 Å². The third kappa shape index (κ3) is 5.63. The number of nitrogens with zero attached hydrogens (tertiary/aromatic N) is 1. The standard InChI is InChI=1S/C24H25N3O3S2/c28-24(27-17-7-2-8-18-27)25-19-13-15-21(16-14-19)32(29,30)26-22-11-5-6-12-23(22)31-20-9-3-1-4-10-20/h1,3-6,9-16,26H,2,7-8,17-18H2,(H,25,28). The van der Waals surface area contributed by atoms with Crippen molar-refractivity contribution in [2.75, 3.05) is 23.1 Å². The summed E-state index contributed by atoms with van der Waals surface area (Å²) in [6.07, 6.45) is 3.18. The Labute approximate surface area is 193 Å². The predicted molar refractivity (Wildman–Crippen MR) is 129 cm³/mol. The summed E-state index contributed by atoms with van der Waals surface area (Å²) in [5.74, 6) is 0. The smallest absolute Gasteiger partial charge is 0.321 e. The summed E-state index contributed by atoms with van der Waals surface area (Å²) >= 11 is 1.49. The van der Waals surface area contributed by atoms with Crippen LogP contribution < -0.4 is 10.0 Å². The van der Waals surface area contributed by atoms with Crippen molar-refractivity contribution in [2.24, 2.45) is 0 Å². The molecule has 2 amide bonds. The maximum absolute atomic E-state index is 13.0. The van der Waals surface area contributed by atoms with Crippen molar-refractivity contribution < 1.29 is 13.2 Å². The van der Waals surface area contributed by atoms with Gasteiger partial charge >= 0.3 is 6.03 Å². The molecule has 0 unspecified atom stereocenters. The lowest BCUT2D eigenvalue weighted by Crippen LogP contribution is -2.38. The van der Waals surface area contributed by atoms with Gasteiger partial charge in [-0.25, -0.2) is 13.2 Å². The van der Waals surface area contributed by atoms with Crippen LogP contribution in [0, 0.1) is 0 Å². The molecule has 1 aliphatic rings. The highest BCUT2D eigenvalue weighted by Gasteiger charge is 2.18. The number of rotatable bonds is 6. The van der Waals surface area contributed by atoms with E-state index in [2.05, 4.69) is 10.0 Å². The number of hydrogen-bond acceptors (Lipinski definition) is 4. The predicted octanol–water partition coefficient (Wildman–Crippen LogP) is 5.66. The summed E-state index contributed by atoms with van der Waals surface area (Å²) < 4.78 is 28.6. The number of amides is 2. The average Bonchev–Trinajstić information content (AvgIpc) is 2.82. The molecule has 0 spiro atoms. The first-order valence-corrected chi connectivity index (χ1v) is 12.8. The Morgan fingerprint density at radius 3 is 2.19 bits per heavy atom. The molecule has 32 heavy (non-hydrogen) atoms. The fourth-order valence-corrected chi connectivity index (χ4v) is 5.54. The molecule has 6 nitrogen and oxygen atoms in total. The van der Waals surface area contributed by atoms with Gasteiger partial charge in [-0.3, -0.25) is 4.72 Å². The number of sulfonamides is 1. The van der Waals surface area contributed by atoms with E-state index in [1.807, 2.05) is 42.5 Å². The number of carbonyl (C=O) groups is 1. The average molecular weight is 468 g/mol. The van der Waals surface area contributed by atoms with Gasteiger partial charge in [0.05, 0.1) is 10.6 Å². The first kappa shape index (κ1) is 22.2. The van der Waals surface area contributed by atoms with Crippen LogP contribution in [0.4, 0.5) is 16.2 Å². The fourth-order valence-electron chi connectivity index (χ4n) is 3.48. The molecule has 3 aromatic rings. The SMILES string of the molecule is O=C(Nc1ccc(S(=O)(=O)Nc2ccccc2Sc2ccccc2)cc1)N1CCCCC1. The topological polar surface area (TPSA) is 78.5 Å². The molecular formula is C24H25N3O3S2. The molecule has 1 fully saturated rings. The molecule has 1 saturated heterocycles. The second kappa shape index (κ2) is 10.1. The van der Waals surface area contributed by atoms with Crippen molar-refractivity contribution in [3.05, 3.63) is 78.9 Å². The summed E-state index contributed by atoms with van der Waals surface area (Å²) in [4.78, 5) is 16.1. The van der Waals surface area contributed by atoms with E-state index in [4.69, 9.17) is 0 Å². The van der Waals surface area contributed by atoms with E-state index < -0.39 is 10.0 Å². The zero-order chi connectivity index (χ0) is 22.4. The highest BCUT2D eigenvalue weighted by molar-refractivity contribution is 7.99. The highest BCUT2D eigenvalue weighted by Crippen LogP contribution is 2.34. The monoisotopic (exact) mass is 467 g/mol. The number of benzene rings is 3. The highest BCUT2D eigenvalue weighted by atomic mass is 32.2. The normalized spacial score (nSPS) is 14.1. The minimum atomic E-state index is -3.78. The number of para-hydroxylation sites is 1. The van der Waals surface area contributed by atoms with Crippen molar-refractivity contribution >= 4 is 39.2 Å². The lowest BCUT2D eigenvalue weighted by atomic mass is 10.1. The number of hydrogen-bond donors (Lipinski definition) is 2. The summed E-state index contributed by atoms with van der Waals surface area (Å²) in [5, 5.41) is 2.84. The summed E-state index contributed by atoms with van der Waals surface area (Å²) in [7, 11) is -3.78. The van der Waals surface area contributed by atoms with Crippen LogP contribution in [0.15, 0.2) is 93.5 Å². The summed E-state index contributed by atoms with van der Waals surface area (Å²) in [6.45, 7) is 1.51. The summed E-state index contributed by atoms with van der Waals surface area (Å²) in [5.41, 5.74) is 1.09. The van der Waals surface area contributed by atoms with E-state index in [9.17, 15) is 13.2 Å². The molecular weight excluding hydrogens is 442 g/mol. The van der Waals surface area contributed by atoms with Gasteiger partial charge in [0.1, 0.15) is 0 Å². The first-order valence-electron chi connectivity index (χ1n) is 10.5. The second-order valence-corrected chi connectivity index (χ2v) is 10.3. The maximum Gasteiger partial charge on any atom is 0.321 e. The van der Waals surface area contributed by atoms with Crippen molar-refractivity contribution in [3.63, 3.8) is 0 Å². The van der Waals surface area contributed by atoms with E-state index in [0.717, 1.165) is 42.1 Å². The van der Waals surface area contributed by atoms with Gasteiger partial charge in [-0.1, -0.05) is 42.1 Å². The second-order valence-electron chi connectivity index (χ2n) is 7.52. The van der Waals surface area contributed by atoms with Gasteiger partial charge in [0.25, 0.3) is 10.0 Å². The molecule has 4 rings (SSSR count). The van der Waals surface area contributed by atoms with Crippen LogP contribution in [0.5, 0.6) is 0 Å². The molecule has 0 saturated carbocycles. The first-order chi connectivity index (χ1) is 15.5. The Morgan fingerprint density at radius 1 is 0.812 bits per heavy atom. The zero-order valence-corrected chi connectivity index (χ0v) is 19.2. The molecule has 2 N–H and O–H groups in total. The van der Waals surface area contributed by atoms with E-state index in [1.165, 1.54) is 23.9 Å². The molecule has 0 atom stereocenters. The Hall–Kier alpha value is -2.97. The van der Waals surface area contributed by atoms with Crippen LogP contribution >= 0.6 is 11.8 Å². The van der Waals surface area contributed by atoms with Gasteiger partial charge < -0.3 is 10.2 Å². The molecule has 0 bridgehead atoms. The van der Waals surface area contributed by atoms with Crippen LogP contribution in [0.25, 0.3) is 0 Å². The fraction of sp³-hybridized carbons (Fsp3) is 0.208. The minimum Gasteiger partial charge on any atom is -0.325 e. The van der Waals surface area contributed by atoms with Gasteiger partial charge in [0, 0.05) is 28.6 Å². The third-order valence-corrected chi connectivity index (χ3v) is 7.63. The number of urea groups is 1. The molecule has 3 aromatic carbocycles. The van der Waals surface area contributed by atoms with Gasteiger partial charge in [0.15, 0.2) is 0 Å². The van der Waals surface area contributed by atoms with Crippen molar-refractivity contribution in [1.82, 2.24) is 4.90 Å². The van der Waals surface area contributed by atoms with Crippen LogP contribution in [0.2, 0.25) is 0 Å². The zero-order valence-electron chi connectivity index (χ0n) is 17.5. The van der Waals surface area contributed by atoms with Gasteiger partial charge in [-0.15, -0.1) is 0 Å². The molecule has 0 aromatic heterocycles. The van der Waals surface area contributed by atoms with Crippen molar-refractivity contribution in [3.8, 4) is 0 Å². The van der Waals surface area contributed by atoms with Gasteiger partial charge in [0.2, 0.25) is 0 Å². The Morgan fingerprint density at radius 2 is 1.47 bits per heavy atom. The largest absolute Gasteiger partial charge is 0.325 e. The molecule has 1 aliphatic heterocycles. The number of carbonyl (C=O) groups excluding carboxylic acids is 1. The Kier molecular flexibility index (Phi) is 7.02. The number of likely N-dealkylation sites (tertiary alicyclic amines) is 1. The summed E-state index contributed by atoms with van der Waals surface area (Å²) in [6, 6.07) is 23.2. The maximum atomic E-state index is 13.0. The number of anilines is 2. The third-order valence-electron chi connectivity index (χ3n) is 5.16. The van der Waals surface area contributed by atoms with Crippen LogP contribution in [-0.4, -0.2) is 32.4 Å². The quantitative estimate of drug-likeness (QED) is 0.491.